The highest BCUT2D eigenvalue weighted by atomic mass is 32.2. The molecule has 5 heteroatoms. The van der Waals surface area contributed by atoms with Crippen LogP contribution in [0.25, 0.3) is 0 Å². The lowest BCUT2D eigenvalue weighted by atomic mass is 9.85. The van der Waals surface area contributed by atoms with E-state index in [-0.39, 0.29) is 17.5 Å². The molecule has 3 heterocycles. The van der Waals surface area contributed by atoms with Gasteiger partial charge in [0.25, 0.3) is 0 Å². The van der Waals surface area contributed by atoms with Crippen LogP contribution in [0.2, 0.25) is 0 Å². The van der Waals surface area contributed by atoms with Crippen LogP contribution in [0.1, 0.15) is 56.6 Å². The number of carbonyl (C=O) groups is 1. The second kappa shape index (κ2) is 9.44. The molecule has 0 radical (unpaired) electrons. The van der Waals surface area contributed by atoms with E-state index in [2.05, 4.69) is 0 Å². The minimum atomic E-state index is -1.28. The van der Waals surface area contributed by atoms with Crippen LogP contribution >= 0.6 is 11.8 Å². The van der Waals surface area contributed by atoms with Crippen molar-refractivity contribution in [1.29, 1.82) is 0 Å². The molecule has 0 N–H and O–H groups in total. The zero-order valence-corrected chi connectivity index (χ0v) is 20.6. The zero-order valence-electron chi connectivity index (χ0n) is 19.8. The average Bonchev–Trinajstić information content (AvgIpc) is 3.40. The SMILES string of the molecule is CSC(C)OC(C(=O)OC1CC2CCC(C1)[N+]21CCCC1)(c1ccccc1)c1ccccc1. The van der Waals surface area contributed by atoms with Gasteiger partial charge in [0, 0.05) is 38.5 Å². The standard InChI is InChI=1S/C28H36NO3S/c1-21(33-2)32-28(22-11-5-3-6-12-22,23-13-7-4-8-14-23)27(30)31-26-19-24-15-16-25(20-26)29(24)17-9-10-18-29/h3-8,11-14,21,24-26H,9-10,15-20H2,1-2H3/q+1. The van der Waals surface area contributed by atoms with Crippen molar-refractivity contribution < 1.29 is 18.8 Å². The van der Waals surface area contributed by atoms with Gasteiger partial charge in [-0.2, -0.15) is 0 Å². The Morgan fingerprint density at radius 3 is 1.94 bits per heavy atom. The number of thioether (sulfide) groups is 1. The van der Waals surface area contributed by atoms with Crippen molar-refractivity contribution in [2.75, 3.05) is 19.3 Å². The van der Waals surface area contributed by atoms with Crippen LogP contribution in [0.3, 0.4) is 0 Å². The van der Waals surface area contributed by atoms with E-state index in [1.165, 1.54) is 43.3 Å². The molecule has 3 unspecified atom stereocenters. The van der Waals surface area contributed by atoms with Crippen LogP contribution in [0.4, 0.5) is 0 Å². The topological polar surface area (TPSA) is 35.5 Å². The van der Waals surface area contributed by atoms with Gasteiger partial charge < -0.3 is 14.0 Å². The summed E-state index contributed by atoms with van der Waals surface area (Å²) >= 11 is 1.60. The molecule has 3 aliphatic heterocycles. The summed E-state index contributed by atoms with van der Waals surface area (Å²) in [7, 11) is 0. The van der Waals surface area contributed by atoms with Crippen LogP contribution in [-0.4, -0.2) is 53.4 Å². The fraction of sp³-hybridized carbons (Fsp3) is 0.536. The molecule has 0 aliphatic carbocycles. The van der Waals surface area contributed by atoms with E-state index in [9.17, 15) is 4.79 Å². The van der Waals surface area contributed by atoms with E-state index in [0.29, 0.717) is 12.1 Å². The molecule has 5 rings (SSSR count). The molecular weight excluding hydrogens is 430 g/mol. The predicted molar refractivity (Wildman–Crippen MR) is 133 cm³/mol. The van der Waals surface area contributed by atoms with Gasteiger partial charge in [-0.1, -0.05) is 60.7 Å². The Bertz CT molecular complexity index is 889. The molecule has 0 amide bonds. The Morgan fingerprint density at radius 1 is 0.939 bits per heavy atom. The zero-order chi connectivity index (χ0) is 22.9. The van der Waals surface area contributed by atoms with Gasteiger partial charge in [0.2, 0.25) is 5.60 Å². The Kier molecular flexibility index (Phi) is 6.56. The molecule has 0 saturated carbocycles. The lowest BCUT2D eigenvalue weighted by Gasteiger charge is -2.47. The van der Waals surface area contributed by atoms with Gasteiger partial charge in [0.05, 0.1) is 25.2 Å². The maximum absolute atomic E-state index is 14.2. The summed E-state index contributed by atoms with van der Waals surface area (Å²) in [5, 5.41) is 0. The van der Waals surface area contributed by atoms with Gasteiger partial charge >= 0.3 is 5.97 Å². The average molecular weight is 467 g/mol. The normalized spacial score (nSPS) is 26.9. The second-order valence-electron chi connectivity index (χ2n) is 9.98. The molecule has 3 atom stereocenters. The van der Waals surface area contributed by atoms with Crippen LogP contribution in [-0.2, 0) is 19.9 Å². The molecule has 3 saturated heterocycles. The van der Waals surface area contributed by atoms with Crippen molar-refractivity contribution in [3.05, 3.63) is 71.8 Å². The monoisotopic (exact) mass is 466 g/mol. The first kappa shape index (κ1) is 22.9. The Labute approximate surface area is 202 Å². The van der Waals surface area contributed by atoms with E-state index in [4.69, 9.17) is 9.47 Å². The number of quaternary nitrogens is 1. The molecule has 4 nitrogen and oxygen atoms in total. The number of piperidine rings is 1. The quantitative estimate of drug-likeness (QED) is 0.307. The Morgan fingerprint density at radius 2 is 1.45 bits per heavy atom. The molecule has 33 heavy (non-hydrogen) atoms. The van der Waals surface area contributed by atoms with E-state index >= 15 is 0 Å². The summed E-state index contributed by atoms with van der Waals surface area (Å²) in [6, 6.07) is 21.0. The summed E-state index contributed by atoms with van der Waals surface area (Å²) in [4.78, 5) is 14.2. The van der Waals surface area contributed by atoms with Crippen LogP contribution in [0, 0.1) is 0 Å². The first-order chi connectivity index (χ1) is 16.1. The van der Waals surface area contributed by atoms with Crippen molar-refractivity contribution in [3.63, 3.8) is 0 Å². The third kappa shape index (κ3) is 4.02. The highest BCUT2D eigenvalue weighted by Gasteiger charge is 2.57. The first-order valence-electron chi connectivity index (χ1n) is 12.5. The highest BCUT2D eigenvalue weighted by Crippen LogP contribution is 2.47. The summed E-state index contributed by atoms with van der Waals surface area (Å²) in [5.74, 6) is -0.278. The maximum atomic E-state index is 14.2. The highest BCUT2D eigenvalue weighted by molar-refractivity contribution is 7.99. The molecule has 3 fully saturated rings. The van der Waals surface area contributed by atoms with Crippen molar-refractivity contribution >= 4 is 17.7 Å². The third-order valence-corrected chi connectivity index (χ3v) is 9.11. The van der Waals surface area contributed by atoms with Crippen molar-refractivity contribution in [3.8, 4) is 0 Å². The minimum Gasteiger partial charge on any atom is -0.459 e. The van der Waals surface area contributed by atoms with Gasteiger partial charge in [-0.15, -0.1) is 11.8 Å². The van der Waals surface area contributed by atoms with Crippen molar-refractivity contribution in [1.82, 2.24) is 0 Å². The Balaban J connectivity index is 1.47. The van der Waals surface area contributed by atoms with Gasteiger partial charge in [0.15, 0.2) is 0 Å². The van der Waals surface area contributed by atoms with Crippen molar-refractivity contribution in [2.45, 2.75) is 74.7 Å². The molecule has 1 spiro atoms. The minimum absolute atomic E-state index is 0.0284. The molecule has 0 aromatic heterocycles. The summed E-state index contributed by atoms with van der Waals surface area (Å²) in [6.45, 7) is 4.64. The number of hydrogen-bond donors (Lipinski definition) is 0. The van der Waals surface area contributed by atoms with E-state index in [0.717, 1.165) is 24.0 Å². The maximum Gasteiger partial charge on any atom is 0.348 e. The molecule has 3 aliphatic rings. The van der Waals surface area contributed by atoms with E-state index in [1.807, 2.05) is 73.8 Å². The van der Waals surface area contributed by atoms with Crippen LogP contribution < -0.4 is 0 Å². The fourth-order valence-electron chi connectivity index (χ4n) is 6.77. The second-order valence-corrected chi connectivity index (χ2v) is 11.1. The number of benzene rings is 2. The lowest BCUT2D eigenvalue weighted by molar-refractivity contribution is -0.956. The summed E-state index contributed by atoms with van der Waals surface area (Å²) in [6.07, 6.45) is 9.21. The third-order valence-electron chi connectivity index (χ3n) is 8.35. The van der Waals surface area contributed by atoms with Crippen LogP contribution in [0.15, 0.2) is 60.7 Å². The summed E-state index contributed by atoms with van der Waals surface area (Å²) < 4.78 is 14.3. The number of esters is 1. The van der Waals surface area contributed by atoms with E-state index < -0.39 is 5.60 Å². The largest absolute Gasteiger partial charge is 0.459 e. The Hall–Kier alpha value is -1.82. The number of hydrogen-bond acceptors (Lipinski definition) is 4. The number of rotatable bonds is 7. The fourth-order valence-corrected chi connectivity index (χ4v) is 7.01. The predicted octanol–water partition coefficient (Wildman–Crippen LogP) is 5.50. The number of carbonyl (C=O) groups excluding carboxylic acids is 1. The number of nitrogens with zero attached hydrogens (tertiary/aromatic N) is 1. The molecule has 2 aromatic rings. The van der Waals surface area contributed by atoms with Gasteiger partial charge in [-0.25, -0.2) is 4.79 Å². The van der Waals surface area contributed by atoms with Crippen LogP contribution in [0.5, 0.6) is 0 Å². The molecule has 2 bridgehead atoms. The first-order valence-corrected chi connectivity index (χ1v) is 13.8. The lowest BCUT2D eigenvalue weighted by Crippen LogP contribution is -2.60. The van der Waals surface area contributed by atoms with Crippen molar-refractivity contribution in [2.24, 2.45) is 0 Å². The number of ether oxygens (including phenoxy) is 2. The molecule has 176 valence electrons. The van der Waals surface area contributed by atoms with Gasteiger partial charge in [-0.3, -0.25) is 0 Å². The van der Waals surface area contributed by atoms with E-state index in [1.54, 1.807) is 11.8 Å². The van der Waals surface area contributed by atoms with Gasteiger partial charge in [-0.05, 0) is 24.3 Å². The smallest absolute Gasteiger partial charge is 0.348 e. The van der Waals surface area contributed by atoms with Gasteiger partial charge in [0.1, 0.15) is 11.5 Å². The molecular formula is C28H36NO3S+. The molecule has 2 aromatic carbocycles. The summed E-state index contributed by atoms with van der Waals surface area (Å²) in [5.41, 5.74) is 0.202.